The maximum atomic E-state index is 8.68. The van der Waals surface area contributed by atoms with E-state index in [1.165, 1.54) is 10.9 Å². The van der Waals surface area contributed by atoms with Crippen LogP contribution < -0.4 is 5.73 Å². The summed E-state index contributed by atoms with van der Waals surface area (Å²) >= 11 is 5.58. The summed E-state index contributed by atoms with van der Waals surface area (Å²) in [6, 6.07) is 5.09. The van der Waals surface area contributed by atoms with Crippen LogP contribution in [0.4, 0.5) is 5.82 Å². The Hall–Kier alpha value is -2.13. The molecule has 0 aliphatic rings. The zero-order valence-corrected chi connectivity index (χ0v) is 8.18. The number of halogens is 1. The van der Waals surface area contributed by atoms with E-state index in [1.807, 2.05) is 6.07 Å². The van der Waals surface area contributed by atoms with Crippen LogP contribution in [-0.4, -0.2) is 20.0 Å². The lowest BCUT2D eigenvalue weighted by molar-refractivity contribution is 0.823. The van der Waals surface area contributed by atoms with Gasteiger partial charge in [-0.05, 0) is 12.1 Å². The molecular weight excluding hydrogens is 216 g/mol. The summed E-state index contributed by atoms with van der Waals surface area (Å²) in [5.41, 5.74) is 5.96. The molecule has 0 aliphatic carbocycles. The molecule has 0 fully saturated rings. The minimum atomic E-state index is 0.231. The molecule has 0 aliphatic heterocycles. The Morgan fingerprint density at radius 1 is 1.40 bits per heavy atom. The van der Waals surface area contributed by atoms with E-state index in [9.17, 15) is 0 Å². The van der Waals surface area contributed by atoms with Gasteiger partial charge >= 0.3 is 0 Å². The van der Waals surface area contributed by atoms with Crippen molar-refractivity contribution in [3.05, 3.63) is 29.0 Å². The van der Waals surface area contributed by atoms with Crippen LogP contribution in [0.1, 0.15) is 5.56 Å². The molecule has 0 bridgehead atoms. The number of nitrogen functional groups attached to an aromatic ring is 1. The normalized spacial score (nSPS) is 9.87. The van der Waals surface area contributed by atoms with Crippen molar-refractivity contribution in [3.8, 4) is 11.9 Å². The van der Waals surface area contributed by atoms with Gasteiger partial charge in [0.2, 0.25) is 0 Å². The second kappa shape index (κ2) is 3.55. The molecule has 0 aromatic carbocycles. The molecule has 6 nitrogen and oxygen atoms in total. The van der Waals surface area contributed by atoms with E-state index in [-0.39, 0.29) is 11.0 Å². The fourth-order valence-electron chi connectivity index (χ4n) is 1.05. The average molecular weight is 221 g/mol. The first-order valence-electron chi connectivity index (χ1n) is 3.95. The van der Waals surface area contributed by atoms with Gasteiger partial charge in [0.25, 0.3) is 0 Å². The van der Waals surface area contributed by atoms with Crippen LogP contribution in [0.5, 0.6) is 0 Å². The lowest BCUT2D eigenvalue weighted by Crippen LogP contribution is -2.05. The van der Waals surface area contributed by atoms with E-state index in [1.54, 1.807) is 12.1 Å². The molecule has 2 aromatic heterocycles. The van der Waals surface area contributed by atoms with E-state index < -0.39 is 0 Å². The Kier molecular flexibility index (Phi) is 2.23. The summed E-state index contributed by atoms with van der Waals surface area (Å²) in [6.07, 6.45) is 1.37. The highest BCUT2D eigenvalue weighted by molar-refractivity contribution is 6.29. The fraction of sp³-hybridized carbons (Fsp3) is 0. The molecule has 2 aromatic rings. The zero-order chi connectivity index (χ0) is 10.8. The first-order valence-corrected chi connectivity index (χ1v) is 4.33. The van der Waals surface area contributed by atoms with Crippen molar-refractivity contribution in [2.24, 2.45) is 0 Å². The Balaban J connectivity index is 2.51. The summed E-state index contributed by atoms with van der Waals surface area (Å²) in [4.78, 5) is 0. The van der Waals surface area contributed by atoms with Gasteiger partial charge < -0.3 is 5.73 Å². The molecule has 0 spiro atoms. The van der Waals surface area contributed by atoms with Crippen LogP contribution in [0.2, 0.25) is 5.15 Å². The predicted octanol–water partition coefficient (Wildman–Crippen LogP) is 0.770. The van der Waals surface area contributed by atoms with Crippen LogP contribution in [0.15, 0.2) is 18.3 Å². The third-order valence-electron chi connectivity index (χ3n) is 1.76. The number of anilines is 1. The van der Waals surface area contributed by atoms with Gasteiger partial charge in [0.15, 0.2) is 11.0 Å². The van der Waals surface area contributed by atoms with Crippen molar-refractivity contribution in [1.82, 2.24) is 20.0 Å². The number of nitrogens with two attached hydrogens (primary N) is 1. The van der Waals surface area contributed by atoms with Crippen LogP contribution >= 0.6 is 11.6 Å². The van der Waals surface area contributed by atoms with Crippen molar-refractivity contribution in [1.29, 1.82) is 5.26 Å². The van der Waals surface area contributed by atoms with E-state index in [2.05, 4.69) is 15.3 Å². The maximum absolute atomic E-state index is 8.68. The lowest BCUT2D eigenvalue weighted by atomic mass is 10.4. The molecule has 7 heteroatoms. The SMILES string of the molecule is N#Cc1cnn(-c2ccc(Cl)nn2)c1N. The van der Waals surface area contributed by atoms with Gasteiger partial charge in [0.05, 0.1) is 6.20 Å². The standard InChI is InChI=1S/C8H5ClN6/c9-6-1-2-7(14-13-6)15-8(11)5(3-10)4-12-15/h1-2,4H,11H2. The number of rotatable bonds is 1. The summed E-state index contributed by atoms with van der Waals surface area (Å²) in [6.45, 7) is 0. The van der Waals surface area contributed by atoms with Gasteiger partial charge in [-0.2, -0.15) is 15.0 Å². The molecule has 0 saturated carbocycles. The molecule has 0 saturated heterocycles. The Morgan fingerprint density at radius 2 is 2.20 bits per heavy atom. The van der Waals surface area contributed by atoms with E-state index >= 15 is 0 Å². The van der Waals surface area contributed by atoms with Crippen LogP contribution in [-0.2, 0) is 0 Å². The maximum Gasteiger partial charge on any atom is 0.178 e. The van der Waals surface area contributed by atoms with E-state index in [0.29, 0.717) is 11.4 Å². The number of hydrogen-bond acceptors (Lipinski definition) is 5. The number of nitriles is 1. The van der Waals surface area contributed by atoms with Crippen molar-refractivity contribution in [3.63, 3.8) is 0 Å². The summed E-state index contributed by atoms with van der Waals surface area (Å²) in [5, 5.41) is 20.3. The largest absolute Gasteiger partial charge is 0.382 e. The molecule has 74 valence electrons. The van der Waals surface area contributed by atoms with E-state index in [4.69, 9.17) is 22.6 Å². The minimum Gasteiger partial charge on any atom is -0.382 e. The van der Waals surface area contributed by atoms with Crippen LogP contribution in [0, 0.1) is 11.3 Å². The molecule has 2 N–H and O–H groups in total. The molecule has 15 heavy (non-hydrogen) atoms. The third kappa shape index (κ3) is 1.60. The van der Waals surface area contributed by atoms with Crippen LogP contribution in [0.25, 0.3) is 5.82 Å². The highest BCUT2D eigenvalue weighted by Gasteiger charge is 2.09. The molecular formula is C8H5ClN6. The van der Waals surface area contributed by atoms with Gasteiger partial charge in [-0.15, -0.1) is 10.2 Å². The summed E-state index contributed by atoms with van der Waals surface area (Å²) in [7, 11) is 0. The molecule has 0 atom stereocenters. The average Bonchev–Trinajstić information content (AvgIpc) is 2.61. The Bertz CT molecular complexity index is 523. The second-order valence-electron chi connectivity index (χ2n) is 2.68. The fourth-order valence-corrected chi connectivity index (χ4v) is 1.15. The highest BCUT2D eigenvalue weighted by Crippen LogP contribution is 2.14. The first kappa shape index (κ1) is 9.43. The number of aromatic nitrogens is 4. The second-order valence-corrected chi connectivity index (χ2v) is 3.07. The third-order valence-corrected chi connectivity index (χ3v) is 1.96. The topological polar surface area (TPSA) is 93.4 Å². The van der Waals surface area contributed by atoms with E-state index in [0.717, 1.165) is 0 Å². The summed E-state index contributed by atoms with van der Waals surface area (Å²) in [5.74, 6) is 0.646. The zero-order valence-electron chi connectivity index (χ0n) is 7.42. The molecule has 2 heterocycles. The first-order chi connectivity index (χ1) is 7.22. The van der Waals surface area contributed by atoms with Crippen molar-refractivity contribution in [2.75, 3.05) is 5.73 Å². The van der Waals surface area contributed by atoms with Gasteiger partial charge in [-0.1, -0.05) is 11.6 Å². The van der Waals surface area contributed by atoms with Gasteiger partial charge in [-0.3, -0.25) is 0 Å². The predicted molar refractivity (Wildman–Crippen MR) is 53.3 cm³/mol. The number of hydrogen-bond donors (Lipinski definition) is 1. The monoisotopic (exact) mass is 220 g/mol. The van der Waals surface area contributed by atoms with Crippen molar-refractivity contribution < 1.29 is 0 Å². The Morgan fingerprint density at radius 3 is 2.73 bits per heavy atom. The molecule has 0 amide bonds. The smallest absolute Gasteiger partial charge is 0.178 e. The lowest BCUT2D eigenvalue weighted by Gasteiger charge is -2.00. The summed E-state index contributed by atoms with van der Waals surface area (Å²) < 4.78 is 1.32. The molecule has 0 unspecified atom stereocenters. The Labute approximate surface area is 89.9 Å². The van der Waals surface area contributed by atoms with Crippen LogP contribution in [0.3, 0.4) is 0 Å². The minimum absolute atomic E-state index is 0.231. The van der Waals surface area contributed by atoms with Gasteiger partial charge in [0.1, 0.15) is 17.5 Å². The van der Waals surface area contributed by atoms with Gasteiger partial charge in [-0.25, -0.2) is 0 Å². The number of nitrogens with zero attached hydrogens (tertiary/aromatic N) is 5. The quantitative estimate of drug-likeness (QED) is 0.766. The molecule has 0 radical (unpaired) electrons. The van der Waals surface area contributed by atoms with Crippen molar-refractivity contribution in [2.45, 2.75) is 0 Å². The highest BCUT2D eigenvalue weighted by atomic mass is 35.5. The molecule has 2 rings (SSSR count). The van der Waals surface area contributed by atoms with Crippen molar-refractivity contribution >= 4 is 17.4 Å². The van der Waals surface area contributed by atoms with Gasteiger partial charge in [0, 0.05) is 0 Å².